The number of nitrogens with zero attached hydrogens (tertiary/aromatic N) is 2. The number of nitro benzene ring substituents is 1. The Bertz CT molecular complexity index is 880. The minimum Gasteiger partial charge on any atom is -0.452 e. The van der Waals surface area contributed by atoms with Gasteiger partial charge in [-0.25, -0.2) is 4.79 Å². The SMILES string of the molecule is Cc1ccccc1CCNC(=O)COC(=O)c1ccc(N(C)C)c([N+](=O)[O-])c1. The highest BCUT2D eigenvalue weighted by atomic mass is 16.6. The molecule has 1 amide bonds. The van der Waals surface area contributed by atoms with Gasteiger partial charge in [0.25, 0.3) is 11.6 Å². The first-order chi connectivity index (χ1) is 13.3. The summed E-state index contributed by atoms with van der Waals surface area (Å²) in [5.74, 6) is -1.22. The normalized spacial score (nSPS) is 10.2. The van der Waals surface area contributed by atoms with Crippen LogP contribution >= 0.6 is 0 Å². The number of ether oxygens (including phenoxy) is 1. The van der Waals surface area contributed by atoms with Crippen LogP contribution in [0.1, 0.15) is 21.5 Å². The number of esters is 1. The van der Waals surface area contributed by atoms with Crippen molar-refractivity contribution in [1.82, 2.24) is 5.32 Å². The third kappa shape index (κ3) is 5.54. The maximum absolute atomic E-state index is 12.1. The van der Waals surface area contributed by atoms with Crippen LogP contribution in [0.25, 0.3) is 0 Å². The minimum atomic E-state index is -0.789. The summed E-state index contributed by atoms with van der Waals surface area (Å²) in [7, 11) is 3.34. The number of amides is 1. The van der Waals surface area contributed by atoms with Crippen molar-refractivity contribution < 1.29 is 19.2 Å². The van der Waals surface area contributed by atoms with Gasteiger partial charge >= 0.3 is 5.97 Å². The summed E-state index contributed by atoms with van der Waals surface area (Å²) in [6, 6.07) is 11.9. The van der Waals surface area contributed by atoms with Gasteiger partial charge in [-0.15, -0.1) is 0 Å². The zero-order chi connectivity index (χ0) is 20.7. The molecule has 0 aliphatic rings. The first-order valence-corrected chi connectivity index (χ1v) is 8.73. The van der Waals surface area contributed by atoms with Gasteiger partial charge in [0, 0.05) is 26.7 Å². The van der Waals surface area contributed by atoms with E-state index in [1.807, 2.05) is 31.2 Å². The molecule has 0 aliphatic carbocycles. The molecule has 0 fully saturated rings. The second kappa shape index (κ2) is 9.50. The smallest absolute Gasteiger partial charge is 0.338 e. The van der Waals surface area contributed by atoms with Crippen molar-refractivity contribution in [2.45, 2.75) is 13.3 Å². The molecule has 8 nitrogen and oxygen atoms in total. The van der Waals surface area contributed by atoms with Crippen molar-refractivity contribution >= 4 is 23.3 Å². The molecule has 1 N–H and O–H groups in total. The molecule has 0 atom stereocenters. The molecule has 0 bridgehead atoms. The molecule has 28 heavy (non-hydrogen) atoms. The van der Waals surface area contributed by atoms with E-state index in [1.54, 1.807) is 19.0 Å². The van der Waals surface area contributed by atoms with E-state index in [9.17, 15) is 19.7 Å². The molecular formula is C20H23N3O5. The Balaban J connectivity index is 1.87. The van der Waals surface area contributed by atoms with Gasteiger partial charge in [0.2, 0.25) is 0 Å². The van der Waals surface area contributed by atoms with Crippen LogP contribution in [0, 0.1) is 17.0 Å². The quantitative estimate of drug-likeness (QED) is 0.426. The van der Waals surface area contributed by atoms with Gasteiger partial charge < -0.3 is 15.0 Å². The highest BCUT2D eigenvalue weighted by Gasteiger charge is 2.20. The molecule has 0 aliphatic heterocycles. The summed E-state index contributed by atoms with van der Waals surface area (Å²) in [4.78, 5) is 36.2. The van der Waals surface area contributed by atoms with Crippen LogP contribution in [0.15, 0.2) is 42.5 Å². The van der Waals surface area contributed by atoms with Crippen LogP contribution < -0.4 is 10.2 Å². The molecule has 0 radical (unpaired) electrons. The van der Waals surface area contributed by atoms with E-state index in [0.717, 1.165) is 17.2 Å². The average molecular weight is 385 g/mol. The van der Waals surface area contributed by atoms with E-state index in [4.69, 9.17) is 4.74 Å². The number of benzene rings is 2. The van der Waals surface area contributed by atoms with E-state index in [1.165, 1.54) is 12.1 Å². The van der Waals surface area contributed by atoms with Crippen LogP contribution in [0.2, 0.25) is 0 Å². The standard InChI is InChI=1S/C20H23N3O5/c1-14-6-4-5-7-15(14)10-11-21-19(24)13-28-20(25)16-8-9-17(22(2)3)18(12-16)23(26)27/h4-9,12H,10-11,13H2,1-3H3,(H,21,24). The highest BCUT2D eigenvalue weighted by Crippen LogP contribution is 2.27. The fourth-order valence-corrected chi connectivity index (χ4v) is 2.67. The number of aryl methyl sites for hydroxylation is 1. The van der Waals surface area contributed by atoms with Gasteiger partial charge in [0.1, 0.15) is 5.69 Å². The van der Waals surface area contributed by atoms with Gasteiger partial charge in [-0.05, 0) is 36.6 Å². The van der Waals surface area contributed by atoms with Crippen molar-refractivity contribution in [2.75, 3.05) is 32.1 Å². The zero-order valence-corrected chi connectivity index (χ0v) is 16.1. The number of hydrogen-bond donors (Lipinski definition) is 1. The second-order valence-electron chi connectivity index (χ2n) is 6.46. The maximum atomic E-state index is 12.1. The molecule has 8 heteroatoms. The second-order valence-corrected chi connectivity index (χ2v) is 6.46. The Kier molecular flexibility index (Phi) is 7.08. The molecule has 0 heterocycles. The topological polar surface area (TPSA) is 102 Å². The molecule has 2 aromatic carbocycles. The molecule has 0 saturated heterocycles. The lowest BCUT2D eigenvalue weighted by molar-refractivity contribution is -0.384. The van der Waals surface area contributed by atoms with Gasteiger partial charge in [-0.2, -0.15) is 0 Å². The van der Waals surface area contributed by atoms with Crippen molar-refractivity contribution in [1.29, 1.82) is 0 Å². The predicted molar refractivity (Wildman–Crippen MR) is 106 cm³/mol. The van der Waals surface area contributed by atoms with Gasteiger partial charge in [0.05, 0.1) is 10.5 Å². The van der Waals surface area contributed by atoms with Crippen LogP contribution in [-0.2, 0) is 16.0 Å². The lowest BCUT2D eigenvalue weighted by Crippen LogP contribution is -2.30. The summed E-state index contributed by atoms with van der Waals surface area (Å²) in [6.07, 6.45) is 0.671. The zero-order valence-electron chi connectivity index (χ0n) is 16.1. The van der Waals surface area contributed by atoms with E-state index < -0.39 is 23.4 Å². The molecule has 2 rings (SSSR count). The van der Waals surface area contributed by atoms with Crippen molar-refractivity contribution in [2.24, 2.45) is 0 Å². The largest absolute Gasteiger partial charge is 0.452 e. The molecule has 2 aromatic rings. The number of carbonyl (C=O) groups is 2. The Morgan fingerprint density at radius 3 is 2.54 bits per heavy atom. The van der Waals surface area contributed by atoms with E-state index in [2.05, 4.69) is 5.32 Å². The summed E-state index contributed by atoms with van der Waals surface area (Å²) in [5.41, 5.74) is 2.46. The summed E-state index contributed by atoms with van der Waals surface area (Å²) >= 11 is 0. The fourth-order valence-electron chi connectivity index (χ4n) is 2.67. The molecule has 0 aromatic heterocycles. The summed E-state index contributed by atoms with van der Waals surface area (Å²) < 4.78 is 4.96. The molecule has 0 unspecified atom stereocenters. The van der Waals surface area contributed by atoms with Gasteiger partial charge in [-0.3, -0.25) is 14.9 Å². The third-order valence-electron chi connectivity index (χ3n) is 4.20. The predicted octanol–water partition coefficient (Wildman–Crippen LogP) is 2.48. The molecule has 148 valence electrons. The average Bonchev–Trinajstić information content (AvgIpc) is 2.67. The number of rotatable bonds is 8. The number of nitrogens with one attached hydrogen (secondary N) is 1. The van der Waals surface area contributed by atoms with E-state index in [-0.39, 0.29) is 11.3 Å². The first-order valence-electron chi connectivity index (χ1n) is 8.73. The highest BCUT2D eigenvalue weighted by molar-refractivity contribution is 5.93. The molecule has 0 spiro atoms. The van der Waals surface area contributed by atoms with Crippen LogP contribution in [-0.4, -0.2) is 44.0 Å². The number of nitro groups is 1. The van der Waals surface area contributed by atoms with E-state index >= 15 is 0 Å². The van der Waals surface area contributed by atoms with Crippen molar-refractivity contribution in [3.05, 3.63) is 69.3 Å². The lowest BCUT2D eigenvalue weighted by Gasteiger charge is -2.13. The van der Waals surface area contributed by atoms with Crippen LogP contribution in [0.5, 0.6) is 0 Å². The first kappa shape index (κ1) is 20.9. The number of anilines is 1. The fraction of sp³-hybridized carbons (Fsp3) is 0.300. The third-order valence-corrected chi connectivity index (χ3v) is 4.20. The Morgan fingerprint density at radius 1 is 1.18 bits per heavy atom. The number of carbonyl (C=O) groups excluding carboxylic acids is 2. The van der Waals surface area contributed by atoms with Crippen LogP contribution in [0.3, 0.4) is 0 Å². The summed E-state index contributed by atoms with van der Waals surface area (Å²) in [5, 5.41) is 13.9. The Morgan fingerprint density at radius 2 is 1.89 bits per heavy atom. The van der Waals surface area contributed by atoms with E-state index in [0.29, 0.717) is 18.7 Å². The monoisotopic (exact) mass is 385 g/mol. The van der Waals surface area contributed by atoms with Gasteiger partial charge in [0.15, 0.2) is 6.61 Å². The summed E-state index contributed by atoms with van der Waals surface area (Å²) in [6.45, 7) is 1.97. The molecule has 0 saturated carbocycles. The van der Waals surface area contributed by atoms with Crippen LogP contribution in [0.4, 0.5) is 11.4 Å². The van der Waals surface area contributed by atoms with Crippen molar-refractivity contribution in [3.63, 3.8) is 0 Å². The molecular weight excluding hydrogens is 362 g/mol. The maximum Gasteiger partial charge on any atom is 0.338 e. The Labute approximate surface area is 163 Å². The number of hydrogen-bond acceptors (Lipinski definition) is 6. The van der Waals surface area contributed by atoms with Gasteiger partial charge in [-0.1, -0.05) is 24.3 Å². The lowest BCUT2D eigenvalue weighted by atomic mass is 10.1. The minimum absolute atomic E-state index is 0.0185. The Hall–Kier alpha value is -3.42. The van der Waals surface area contributed by atoms with Crippen molar-refractivity contribution in [3.8, 4) is 0 Å².